The third-order valence-electron chi connectivity index (χ3n) is 5.50. The van der Waals surface area contributed by atoms with Crippen molar-refractivity contribution in [1.82, 2.24) is 9.97 Å². The average molecular weight is 361 g/mol. The summed E-state index contributed by atoms with van der Waals surface area (Å²) in [5.41, 5.74) is 2.95. The van der Waals surface area contributed by atoms with E-state index in [0.717, 1.165) is 23.3 Å². The summed E-state index contributed by atoms with van der Waals surface area (Å²) in [6, 6.07) is 14.1. The molecule has 2 heterocycles. The highest BCUT2D eigenvalue weighted by Gasteiger charge is 2.36. The molecule has 0 saturated carbocycles. The fraction of sp³-hybridized carbons (Fsp3) is 0.391. The van der Waals surface area contributed by atoms with E-state index in [4.69, 9.17) is 9.97 Å². The highest BCUT2D eigenvalue weighted by atomic mass is 16.3. The molecule has 140 valence electrons. The van der Waals surface area contributed by atoms with Crippen LogP contribution in [0.15, 0.2) is 42.5 Å². The van der Waals surface area contributed by atoms with Crippen LogP contribution in [0.3, 0.4) is 0 Å². The second-order valence-corrected chi connectivity index (χ2v) is 8.63. The van der Waals surface area contributed by atoms with E-state index in [1.807, 2.05) is 18.2 Å². The normalized spacial score (nSPS) is 17.6. The Labute approximate surface area is 160 Å². The highest BCUT2D eigenvalue weighted by molar-refractivity contribution is 5.92. The third-order valence-corrected chi connectivity index (χ3v) is 5.50. The lowest BCUT2D eigenvalue weighted by molar-refractivity contribution is 0.320. The minimum Gasteiger partial charge on any atom is -0.507 e. The number of rotatable bonds is 2. The summed E-state index contributed by atoms with van der Waals surface area (Å²) >= 11 is 0. The van der Waals surface area contributed by atoms with E-state index in [1.165, 1.54) is 18.4 Å². The number of phenolic OH excluding ortho intramolecular Hbond substituents is 1. The molecular formula is C23H27N3O. The SMILES string of the molecule is Cc1ccc2c(N3CCC[C@@H]3C(C)(C)C)nc(-c3ccccc3O)nc2c1. The quantitative estimate of drug-likeness (QED) is 0.670. The number of benzene rings is 2. The van der Waals surface area contributed by atoms with Gasteiger partial charge in [0.15, 0.2) is 5.82 Å². The van der Waals surface area contributed by atoms with E-state index >= 15 is 0 Å². The maximum atomic E-state index is 10.3. The largest absolute Gasteiger partial charge is 0.507 e. The molecule has 1 aliphatic rings. The van der Waals surface area contributed by atoms with Crippen LogP contribution in [-0.2, 0) is 0 Å². The van der Waals surface area contributed by atoms with Crippen LogP contribution in [0.1, 0.15) is 39.2 Å². The fourth-order valence-corrected chi connectivity index (χ4v) is 4.15. The molecule has 1 N–H and O–H groups in total. The van der Waals surface area contributed by atoms with E-state index < -0.39 is 0 Å². The fourth-order valence-electron chi connectivity index (χ4n) is 4.15. The summed E-state index contributed by atoms with van der Waals surface area (Å²) in [4.78, 5) is 12.2. The highest BCUT2D eigenvalue weighted by Crippen LogP contribution is 2.39. The molecule has 0 amide bonds. The first-order valence-electron chi connectivity index (χ1n) is 9.68. The molecule has 27 heavy (non-hydrogen) atoms. The standard InChI is InChI=1S/C23H27N3O/c1-15-11-12-16-18(14-15)24-21(17-8-5-6-9-19(17)27)25-22(16)26-13-7-10-20(26)23(2,3)4/h5-6,8-9,11-12,14,20,27H,7,10,13H2,1-4H3/t20-/m1/s1. The first kappa shape index (κ1) is 17.8. The Morgan fingerprint density at radius 2 is 1.85 bits per heavy atom. The Morgan fingerprint density at radius 3 is 2.59 bits per heavy atom. The maximum absolute atomic E-state index is 10.3. The number of aromatic nitrogens is 2. The lowest BCUT2D eigenvalue weighted by Crippen LogP contribution is -2.40. The van der Waals surface area contributed by atoms with Gasteiger partial charge in [-0.05, 0) is 55.0 Å². The lowest BCUT2D eigenvalue weighted by atomic mass is 9.85. The maximum Gasteiger partial charge on any atom is 0.165 e. The molecule has 0 bridgehead atoms. The number of aromatic hydroxyl groups is 1. The average Bonchev–Trinajstić information content (AvgIpc) is 3.11. The van der Waals surface area contributed by atoms with Crippen LogP contribution in [-0.4, -0.2) is 27.7 Å². The number of aryl methyl sites for hydroxylation is 1. The predicted octanol–water partition coefficient (Wildman–Crippen LogP) is 5.33. The molecule has 4 heteroatoms. The van der Waals surface area contributed by atoms with Gasteiger partial charge in [-0.1, -0.05) is 39.0 Å². The van der Waals surface area contributed by atoms with E-state index in [9.17, 15) is 5.11 Å². The van der Waals surface area contributed by atoms with Gasteiger partial charge in [0.2, 0.25) is 0 Å². The number of para-hydroxylation sites is 1. The zero-order chi connectivity index (χ0) is 19.2. The summed E-state index contributed by atoms with van der Waals surface area (Å²) < 4.78 is 0. The van der Waals surface area contributed by atoms with Crippen LogP contribution in [0.25, 0.3) is 22.3 Å². The number of phenols is 1. The van der Waals surface area contributed by atoms with Gasteiger partial charge in [0.1, 0.15) is 11.6 Å². The number of hydrogen-bond acceptors (Lipinski definition) is 4. The van der Waals surface area contributed by atoms with Crippen molar-refractivity contribution in [2.45, 2.75) is 46.6 Å². The molecule has 4 nitrogen and oxygen atoms in total. The molecule has 2 aromatic carbocycles. The van der Waals surface area contributed by atoms with Gasteiger partial charge in [0, 0.05) is 18.0 Å². The van der Waals surface area contributed by atoms with Crippen LogP contribution < -0.4 is 4.90 Å². The van der Waals surface area contributed by atoms with Gasteiger partial charge in [0.25, 0.3) is 0 Å². The first-order valence-corrected chi connectivity index (χ1v) is 9.68. The van der Waals surface area contributed by atoms with Crippen molar-refractivity contribution in [3.05, 3.63) is 48.0 Å². The Kier molecular flexibility index (Phi) is 4.29. The second kappa shape index (κ2) is 6.52. The first-order chi connectivity index (χ1) is 12.8. The third kappa shape index (κ3) is 3.25. The van der Waals surface area contributed by atoms with Crippen molar-refractivity contribution in [1.29, 1.82) is 0 Å². The van der Waals surface area contributed by atoms with Gasteiger partial charge in [-0.25, -0.2) is 9.97 Å². The number of fused-ring (bicyclic) bond motifs is 1. The molecule has 1 aromatic heterocycles. The summed E-state index contributed by atoms with van der Waals surface area (Å²) in [5.74, 6) is 1.78. The van der Waals surface area contributed by atoms with Gasteiger partial charge < -0.3 is 10.0 Å². The van der Waals surface area contributed by atoms with Crippen LogP contribution in [0.2, 0.25) is 0 Å². The van der Waals surface area contributed by atoms with E-state index in [1.54, 1.807) is 6.07 Å². The zero-order valence-corrected chi connectivity index (χ0v) is 16.5. The van der Waals surface area contributed by atoms with Gasteiger partial charge >= 0.3 is 0 Å². The Bertz CT molecular complexity index is 991. The number of hydrogen-bond donors (Lipinski definition) is 1. The van der Waals surface area contributed by atoms with Crippen LogP contribution in [0.4, 0.5) is 5.82 Å². The van der Waals surface area contributed by atoms with E-state index in [0.29, 0.717) is 17.4 Å². The topological polar surface area (TPSA) is 49.2 Å². The molecule has 1 atom stereocenters. The smallest absolute Gasteiger partial charge is 0.165 e. The van der Waals surface area contributed by atoms with Crippen molar-refractivity contribution in [3.63, 3.8) is 0 Å². The Hall–Kier alpha value is -2.62. The Morgan fingerprint density at radius 1 is 1.07 bits per heavy atom. The molecule has 0 unspecified atom stereocenters. The minimum atomic E-state index is 0.174. The zero-order valence-electron chi connectivity index (χ0n) is 16.5. The van der Waals surface area contributed by atoms with Gasteiger partial charge in [0.05, 0.1) is 11.1 Å². The van der Waals surface area contributed by atoms with Crippen molar-refractivity contribution < 1.29 is 5.11 Å². The minimum absolute atomic E-state index is 0.174. The number of anilines is 1. The molecular weight excluding hydrogens is 334 g/mol. The molecule has 3 aromatic rings. The summed E-state index contributed by atoms with van der Waals surface area (Å²) in [6.45, 7) is 9.98. The Balaban J connectivity index is 1.95. The lowest BCUT2D eigenvalue weighted by Gasteiger charge is -2.36. The predicted molar refractivity (Wildman–Crippen MR) is 111 cm³/mol. The molecule has 0 radical (unpaired) electrons. The monoisotopic (exact) mass is 361 g/mol. The van der Waals surface area contributed by atoms with Gasteiger partial charge in [-0.3, -0.25) is 0 Å². The van der Waals surface area contributed by atoms with Gasteiger partial charge in [-0.2, -0.15) is 0 Å². The van der Waals surface area contributed by atoms with Crippen molar-refractivity contribution in [3.8, 4) is 17.1 Å². The second-order valence-electron chi connectivity index (χ2n) is 8.63. The van der Waals surface area contributed by atoms with Crippen LogP contribution in [0, 0.1) is 12.3 Å². The van der Waals surface area contributed by atoms with E-state index in [-0.39, 0.29) is 11.2 Å². The van der Waals surface area contributed by atoms with Gasteiger partial charge in [-0.15, -0.1) is 0 Å². The van der Waals surface area contributed by atoms with Crippen molar-refractivity contribution in [2.24, 2.45) is 5.41 Å². The molecule has 1 aliphatic heterocycles. The molecule has 1 fully saturated rings. The van der Waals surface area contributed by atoms with Crippen molar-refractivity contribution in [2.75, 3.05) is 11.4 Å². The van der Waals surface area contributed by atoms with Crippen LogP contribution >= 0.6 is 0 Å². The summed E-state index contributed by atoms with van der Waals surface area (Å²) in [6.07, 6.45) is 2.35. The molecule has 1 saturated heterocycles. The van der Waals surface area contributed by atoms with Crippen LogP contribution in [0.5, 0.6) is 5.75 Å². The molecule has 0 spiro atoms. The van der Waals surface area contributed by atoms with Crippen molar-refractivity contribution >= 4 is 16.7 Å². The number of nitrogens with zero attached hydrogens (tertiary/aromatic N) is 3. The summed E-state index contributed by atoms with van der Waals surface area (Å²) in [7, 11) is 0. The molecule has 4 rings (SSSR count). The molecule has 0 aliphatic carbocycles. The van der Waals surface area contributed by atoms with E-state index in [2.05, 4.69) is 50.8 Å². The summed E-state index contributed by atoms with van der Waals surface area (Å²) in [5, 5.41) is 11.4.